The lowest BCUT2D eigenvalue weighted by Crippen LogP contribution is -2.32. The Morgan fingerprint density at radius 1 is 1.40 bits per heavy atom. The zero-order chi connectivity index (χ0) is 11.1. The second kappa shape index (κ2) is 3.33. The maximum atomic E-state index is 9.49. The van der Waals surface area contributed by atoms with E-state index in [4.69, 9.17) is 9.47 Å². The standard InChI is InChI=1S/C12H16O3/c1-12(2)5-4-8-6-9(13)7-10(14-3)11(8)15-12/h6-7,13H,4-5H2,1-3H3. The van der Waals surface area contributed by atoms with E-state index < -0.39 is 0 Å². The summed E-state index contributed by atoms with van der Waals surface area (Å²) in [6.07, 6.45) is 1.86. The van der Waals surface area contributed by atoms with Gasteiger partial charge in [-0.15, -0.1) is 0 Å². The quantitative estimate of drug-likeness (QED) is 0.770. The lowest BCUT2D eigenvalue weighted by atomic mass is 9.94. The summed E-state index contributed by atoms with van der Waals surface area (Å²) < 4.78 is 11.1. The Kier molecular flexibility index (Phi) is 2.25. The molecular formula is C12H16O3. The highest BCUT2D eigenvalue weighted by atomic mass is 16.5. The third kappa shape index (κ3) is 1.87. The minimum atomic E-state index is -0.156. The van der Waals surface area contributed by atoms with Crippen molar-refractivity contribution in [3.05, 3.63) is 17.7 Å². The third-order valence-corrected chi connectivity index (χ3v) is 2.71. The number of methoxy groups -OCH3 is 1. The third-order valence-electron chi connectivity index (χ3n) is 2.71. The molecule has 0 saturated heterocycles. The molecule has 3 heteroatoms. The Balaban J connectivity index is 2.48. The Labute approximate surface area is 89.6 Å². The number of fused-ring (bicyclic) bond motifs is 1. The van der Waals surface area contributed by atoms with Crippen molar-refractivity contribution in [2.45, 2.75) is 32.3 Å². The number of aromatic hydroxyl groups is 1. The van der Waals surface area contributed by atoms with Gasteiger partial charge in [-0.2, -0.15) is 0 Å². The second-order valence-electron chi connectivity index (χ2n) is 4.50. The Bertz CT molecular complexity index is 365. The maximum Gasteiger partial charge on any atom is 0.165 e. The van der Waals surface area contributed by atoms with Crippen molar-refractivity contribution in [1.29, 1.82) is 0 Å². The molecule has 0 saturated carbocycles. The number of rotatable bonds is 1. The maximum absolute atomic E-state index is 9.49. The van der Waals surface area contributed by atoms with Gasteiger partial charge in [-0.1, -0.05) is 0 Å². The van der Waals surface area contributed by atoms with Crippen LogP contribution in [0.25, 0.3) is 0 Å². The van der Waals surface area contributed by atoms with Crippen LogP contribution in [-0.4, -0.2) is 17.8 Å². The van der Waals surface area contributed by atoms with Crippen molar-refractivity contribution >= 4 is 0 Å². The molecule has 0 fully saturated rings. The van der Waals surface area contributed by atoms with Gasteiger partial charge < -0.3 is 14.6 Å². The molecular weight excluding hydrogens is 192 g/mol. The molecule has 0 aliphatic carbocycles. The van der Waals surface area contributed by atoms with E-state index in [1.165, 1.54) is 0 Å². The lowest BCUT2D eigenvalue weighted by molar-refractivity contribution is 0.0802. The fraction of sp³-hybridized carbons (Fsp3) is 0.500. The minimum Gasteiger partial charge on any atom is -0.508 e. The van der Waals surface area contributed by atoms with Crippen LogP contribution in [0.1, 0.15) is 25.8 Å². The Hall–Kier alpha value is -1.38. The second-order valence-corrected chi connectivity index (χ2v) is 4.50. The van der Waals surface area contributed by atoms with Gasteiger partial charge in [0.15, 0.2) is 11.5 Å². The van der Waals surface area contributed by atoms with Gasteiger partial charge in [0.2, 0.25) is 0 Å². The van der Waals surface area contributed by atoms with Gasteiger partial charge in [-0.05, 0) is 32.8 Å². The van der Waals surface area contributed by atoms with Crippen LogP contribution in [0, 0.1) is 0 Å². The van der Waals surface area contributed by atoms with Gasteiger partial charge in [-0.3, -0.25) is 0 Å². The smallest absolute Gasteiger partial charge is 0.165 e. The van der Waals surface area contributed by atoms with E-state index in [0.717, 1.165) is 24.2 Å². The molecule has 0 atom stereocenters. The number of phenols is 1. The topological polar surface area (TPSA) is 38.7 Å². The first-order chi connectivity index (χ1) is 7.02. The molecule has 0 radical (unpaired) electrons. The van der Waals surface area contributed by atoms with Crippen molar-refractivity contribution < 1.29 is 14.6 Å². The number of phenolic OH excluding ortho intramolecular Hbond substituents is 1. The summed E-state index contributed by atoms with van der Waals surface area (Å²) >= 11 is 0. The molecule has 1 heterocycles. The normalized spacial score (nSPS) is 17.8. The zero-order valence-electron chi connectivity index (χ0n) is 9.33. The Morgan fingerprint density at radius 2 is 2.13 bits per heavy atom. The van der Waals surface area contributed by atoms with Crippen molar-refractivity contribution in [3.8, 4) is 17.2 Å². The Morgan fingerprint density at radius 3 is 2.80 bits per heavy atom. The summed E-state index contributed by atoms with van der Waals surface area (Å²) in [6, 6.07) is 3.33. The van der Waals surface area contributed by atoms with E-state index in [1.54, 1.807) is 19.2 Å². The summed E-state index contributed by atoms with van der Waals surface area (Å²) in [4.78, 5) is 0. The van der Waals surface area contributed by atoms with Crippen LogP contribution in [0.15, 0.2) is 12.1 Å². The number of aryl methyl sites for hydroxylation is 1. The molecule has 82 valence electrons. The van der Waals surface area contributed by atoms with Crippen LogP contribution in [0.3, 0.4) is 0 Å². The van der Waals surface area contributed by atoms with Crippen LogP contribution in [0.5, 0.6) is 17.2 Å². The molecule has 0 aromatic heterocycles. The number of benzene rings is 1. The lowest BCUT2D eigenvalue weighted by Gasteiger charge is -2.33. The molecule has 1 N–H and O–H groups in total. The van der Waals surface area contributed by atoms with Crippen LogP contribution in [0.2, 0.25) is 0 Å². The monoisotopic (exact) mass is 208 g/mol. The largest absolute Gasteiger partial charge is 0.508 e. The van der Waals surface area contributed by atoms with E-state index >= 15 is 0 Å². The van der Waals surface area contributed by atoms with Gasteiger partial charge in [0.25, 0.3) is 0 Å². The molecule has 0 spiro atoms. The summed E-state index contributed by atoms with van der Waals surface area (Å²) in [5.74, 6) is 1.61. The molecule has 0 bridgehead atoms. The van der Waals surface area contributed by atoms with Gasteiger partial charge in [-0.25, -0.2) is 0 Å². The first kappa shape index (κ1) is 10.1. The summed E-state index contributed by atoms with van der Waals surface area (Å²) in [5, 5.41) is 9.49. The van der Waals surface area contributed by atoms with E-state index in [1.807, 2.05) is 0 Å². The van der Waals surface area contributed by atoms with Crippen LogP contribution >= 0.6 is 0 Å². The summed E-state index contributed by atoms with van der Waals surface area (Å²) in [5.41, 5.74) is 0.864. The average molecular weight is 208 g/mol. The highest BCUT2D eigenvalue weighted by Gasteiger charge is 2.29. The van der Waals surface area contributed by atoms with Crippen LogP contribution < -0.4 is 9.47 Å². The summed E-state index contributed by atoms with van der Waals surface area (Å²) in [6.45, 7) is 4.12. The van der Waals surface area contributed by atoms with Gasteiger partial charge in [0, 0.05) is 11.6 Å². The van der Waals surface area contributed by atoms with Gasteiger partial charge in [0.1, 0.15) is 11.4 Å². The SMILES string of the molecule is COc1cc(O)cc2c1OC(C)(C)CC2. The summed E-state index contributed by atoms with van der Waals surface area (Å²) in [7, 11) is 1.58. The molecule has 3 nitrogen and oxygen atoms in total. The highest BCUT2D eigenvalue weighted by molar-refractivity contribution is 5.52. The van der Waals surface area contributed by atoms with Crippen LogP contribution in [-0.2, 0) is 6.42 Å². The molecule has 15 heavy (non-hydrogen) atoms. The molecule has 0 amide bonds. The fourth-order valence-corrected chi connectivity index (χ4v) is 1.86. The highest BCUT2D eigenvalue weighted by Crippen LogP contribution is 2.42. The van der Waals surface area contributed by atoms with Crippen molar-refractivity contribution in [2.24, 2.45) is 0 Å². The first-order valence-corrected chi connectivity index (χ1v) is 5.11. The fourth-order valence-electron chi connectivity index (χ4n) is 1.86. The minimum absolute atomic E-state index is 0.156. The van der Waals surface area contributed by atoms with Crippen molar-refractivity contribution in [1.82, 2.24) is 0 Å². The van der Waals surface area contributed by atoms with E-state index in [-0.39, 0.29) is 11.4 Å². The van der Waals surface area contributed by atoms with E-state index in [2.05, 4.69) is 13.8 Å². The number of hydrogen-bond acceptors (Lipinski definition) is 3. The van der Waals surface area contributed by atoms with Crippen molar-refractivity contribution in [3.63, 3.8) is 0 Å². The number of ether oxygens (including phenoxy) is 2. The van der Waals surface area contributed by atoms with E-state index in [9.17, 15) is 5.11 Å². The molecule has 1 aliphatic rings. The predicted molar refractivity (Wildman–Crippen MR) is 57.7 cm³/mol. The molecule has 1 aliphatic heterocycles. The van der Waals surface area contributed by atoms with Crippen LogP contribution in [0.4, 0.5) is 0 Å². The van der Waals surface area contributed by atoms with Gasteiger partial charge >= 0.3 is 0 Å². The average Bonchev–Trinajstić information content (AvgIpc) is 2.17. The molecule has 2 rings (SSSR count). The van der Waals surface area contributed by atoms with Gasteiger partial charge in [0.05, 0.1) is 7.11 Å². The van der Waals surface area contributed by atoms with E-state index in [0.29, 0.717) is 5.75 Å². The zero-order valence-corrected chi connectivity index (χ0v) is 9.33. The number of hydrogen-bond donors (Lipinski definition) is 1. The molecule has 1 aromatic carbocycles. The predicted octanol–water partition coefficient (Wildman–Crippen LogP) is 2.50. The molecule has 1 aromatic rings. The first-order valence-electron chi connectivity index (χ1n) is 5.11. The molecule has 0 unspecified atom stereocenters. The van der Waals surface area contributed by atoms with Crippen molar-refractivity contribution in [2.75, 3.05) is 7.11 Å².